The van der Waals surface area contributed by atoms with E-state index in [0.29, 0.717) is 47.9 Å². The van der Waals surface area contributed by atoms with Crippen molar-refractivity contribution in [1.29, 1.82) is 0 Å². The maximum Gasteiger partial charge on any atom is 0.513 e. The van der Waals surface area contributed by atoms with Gasteiger partial charge in [-0.05, 0) is 86.1 Å². The molecule has 0 aliphatic heterocycles. The number of carbonyl (C=O) groups is 4. The number of carbonyl (C=O) groups excluding carboxylic acids is 4. The Hall–Kier alpha value is -6.12. The van der Waals surface area contributed by atoms with Crippen molar-refractivity contribution in [2.45, 2.75) is 51.7 Å². The second-order valence-electron chi connectivity index (χ2n) is 11.7. The van der Waals surface area contributed by atoms with Crippen LogP contribution in [0, 0.1) is 13.8 Å². The molecule has 0 aromatic heterocycles. The van der Waals surface area contributed by atoms with E-state index in [0.717, 1.165) is 12.2 Å². The number of hydrogen-bond acceptors (Lipinski definition) is 14. The fourth-order valence-corrected chi connectivity index (χ4v) is 4.89. The molecular weight excluding hydrogens is 704 g/mol. The van der Waals surface area contributed by atoms with Crippen LogP contribution in [-0.4, -0.2) is 71.1 Å². The lowest BCUT2D eigenvalue weighted by Crippen LogP contribution is -2.18. The molecule has 3 aromatic carbocycles. The summed E-state index contributed by atoms with van der Waals surface area (Å²) in [5.41, 5.74) is 1.71. The third kappa shape index (κ3) is 13.1. The molecule has 54 heavy (non-hydrogen) atoms. The molecule has 2 unspecified atom stereocenters. The summed E-state index contributed by atoms with van der Waals surface area (Å²) in [7, 11) is 0. The molecule has 3 aromatic rings. The van der Waals surface area contributed by atoms with Gasteiger partial charge in [0.2, 0.25) is 0 Å². The second-order valence-corrected chi connectivity index (χ2v) is 11.7. The van der Waals surface area contributed by atoms with E-state index in [9.17, 15) is 39.6 Å². The summed E-state index contributed by atoms with van der Waals surface area (Å²) in [5, 5.41) is 44.2. The predicted molar refractivity (Wildman–Crippen MR) is 195 cm³/mol. The third-order valence-electron chi connectivity index (χ3n) is 7.81. The first kappa shape index (κ1) is 42.3. The smallest absolute Gasteiger partial charge is 0.509 e. The lowest BCUT2D eigenvalue weighted by Gasteiger charge is -2.15. The number of aliphatic hydroxyl groups is 4. The maximum absolute atomic E-state index is 12.1. The van der Waals surface area contributed by atoms with Crippen molar-refractivity contribution < 1.29 is 68.0 Å². The zero-order valence-electron chi connectivity index (χ0n) is 30.0. The van der Waals surface area contributed by atoms with Crippen molar-refractivity contribution in [3.63, 3.8) is 0 Å². The summed E-state index contributed by atoms with van der Waals surface area (Å²) in [4.78, 5) is 46.2. The molecule has 14 nitrogen and oxygen atoms in total. The molecule has 2 atom stereocenters. The van der Waals surface area contributed by atoms with E-state index in [1.54, 1.807) is 13.8 Å². The van der Waals surface area contributed by atoms with Gasteiger partial charge in [0, 0.05) is 22.6 Å². The molecule has 288 valence electrons. The SMILES string of the molecule is C=CC(=O)OCCCCOC(=O)Oc1ccc(C(O)C(O)=c2ccc(=C(O)C(O)c3ccc(OC(=O)OCCCCOC(=O)C=C)cc3C)cc2)c(C)c1. The van der Waals surface area contributed by atoms with Crippen LogP contribution in [0.5, 0.6) is 11.5 Å². The molecule has 14 heteroatoms. The summed E-state index contributed by atoms with van der Waals surface area (Å²) in [6.07, 6.45) is -0.751. The Labute approximate surface area is 311 Å². The minimum atomic E-state index is -1.44. The molecule has 0 fully saturated rings. The highest BCUT2D eigenvalue weighted by atomic mass is 16.7. The molecule has 0 aliphatic carbocycles. The van der Waals surface area contributed by atoms with Gasteiger partial charge in [0.1, 0.15) is 35.2 Å². The predicted octanol–water partition coefficient (Wildman–Crippen LogP) is 5.15. The van der Waals surface area contributed by atoms with Gasteiger partial charge in [-0.1, -0.05) is 49.6 Å². The summed E-state index contributed by atoms with van der Waals surface area (Å²) in [6, 6.07) is 14.7. The Bertz CT molecular complexity index is 1770. The average molecular weight is 749 g/mol. The fraction of sp³-hybridized carbons (Fsp3) is 0.300. The lowest BCUT2D eigenvalue weighted by molar-refractivity contribution is -0.138. The van der Waals surface area contributed by atoms with Gasteiger partial charge in [0.25, 0.3) is 0 Å². The quantitative estimate of drug-likeness (QED) is 0.0437. The van der Waals surface area contributed by atoms with Crippen LogP contribution < -0.4 is 19.9 Å². The molecule has 0 saturated heterocycles. The van der Waals surface area contributed by atoms with Gasteiger partial charge in [0.15, 0.2) is 0 Å². The zero-order chi connectivity index (χ0) is 39.6. The van der Waals surface area contributed by atoms with Gasteiger partial charge in [-0.2, -0.15) is 0 Å². The summed E-state index contributed by atoms with van der Waals surface area (Å²) < 4.78 is 30.1. The molecule has 0 amide bonds. The number of aliphatic hydroxyl groups excluding tert-OH is 4. The van der Waals surface area contributed by atoms with Crippen LogP contribution >= 0.6 is 0 Å². The van der Waals surface area contributed by atoms with Crippen LogP contribution in [0.4, 0.5) is 9.59 Å². The molecule has 0 aliphatic rings. The first-order chi connectivity index (χ1) is 25.8. The Kier molecular flexibility index (Phi) is 16.8. The molecule has 4 N–H and O–H groups in total. The van der Waals surface area contributed by atoms with E-state index in [4.69, 9.17) is 28.4 Å². The molecule has 0 heterocycles. The van der Waals surface area contributed by atoms with E-state index in [1.165, 1.54) is 60.7 Å². The van der Waals surface area contributed by atoms with Crippen LogP contribution in [0.25, 0.3) is 11.5 Å². The standard InChI is InChI=1S/C40H44O14/c1-5-33(41)49-19-7-9-21-51-39(47)53-29-15-17-31(25(3)23-29)37(45)35(43)27-11-13-28(14-12-27)36(44)38(46)32-18-16-30(24-26(32)4)54-40(48)52-22-10-8-20-50-34(42)6-2/h5-6,11-18,23-24,37-38,43-46H,1-2,7-10,19-22H2,3-4H3. The van der Waals surface area contributed by atoms with Crippen molar-refractivity contribution >= 4 is 35.8 Å². The highest BCUT2D eigenvalue weighted by molar-refractivity contribution is 5.81. The third-order valence-corrected chi connectivity index (χ3v) is 7.81. The molecule has 0 radical (unpaired) electrons. The molecular formula is C40H44O14. The average Bonchev–Trinajstić information content (AvgIpc) is 3.16. The van der Waals surface area contributed by atoms with Crippen molar-refractivity contribution in [3.05, 3.63) is 119 Å². The van der Waals surface area contributed by atoms with Gasteiger partial charge < -0.3 is 48.8 Å². The molecule has 3 rings (SSSR count). The van der Waals surface area contributed by atoms with Crippen LogP contribution in [0.3, 0.4) is 0 Å². The lowest BCUT2D eigenvalue weighted by atomic mass is 9.99. The number of rotatable bonds is 18. The van der Waals surface area contributed by atoms with Crippen LogP contribution in [0.1, 0.15) is 60.1 Å². The van der Waals surface area contributed by atoms with Crippen LogP contribution in [0.2, 0.25) is 0 Å². The number of esters is 2. The van der Waals surface area contributed by atoms with Crippen molar-refractivity contribution in [2.75, 3.05) is 26.4 Å². The molecule has 0 bridgehead atoms. The summed E-state index contributed by atoms with van der Waals surface area (Å²) >= 11 is 0. The molecule has 0 saturated carbocycles. The summed E-state index contributed by atoms with van der Waals surface area (Å²) in [6.45, 7) is 10.4. The number of aryl methyl sites for hydroxylation is 2. The van der Waals surface area contributed by atoms with E-state index in [2.05, 4.69) is 13.2 Å². The highest BCUT2D eigenvalue weighted by Crippen LogP contribution is 2.28. The first-order valence-corrected chi connectivity index (χ1v) is 16.9. The largest absolute Gasteiger partial charge is 0.513 e. The molecule has 0 spiro atoms. The van der Waals surface area contributed by atoms with Crippen LogP contribution in [0.15, 0.2) is 86.0 Å². The Balaban J connectivity index is 1.58. The van der Waals surface area contributed by atoms with E-state index >= 15 is 0 Å². The minimum absolute atomic E-state index is 0.0564. The van der Waals surface area contributed by atoms with E-state index in [-0.39, 0.29) is 59.9 Å². The van der Waals surface area contributed by atoms with E-state index < -0.39 is 36.5 Å². The number of ether oxygens (including phenoxy) is 6. The maximum atomic E-state index is 12.1. The van der Waals surface area contributed by atoms with Crippen LogP contribution in [-0.2, 0) is 28.5 Å². The first-order valence-electron chi connectivity index (χ1n) is 16.9. The van der Waals surface area contributed by atoms with Crippen molar-refractivity contribution in [3.8, 4) is 11.5 Å². The van der Waals surface area contributed by atoms with Crippen molar-refractivity contribution in [2.24, 2.45) is 0 Å². The Morgan fingerprint density at radius 3 is 1.22 bits per heavy atom. The fourth-order valence-electron chi connectivity index (χ4n) is 4.89. The normalized spacial score (nSPS) is 11.6. The van der Waals surface area contributed by atoms with Gasteiger partial charge >= 0.3 is 24.2 Å². The second kappa shape index (κ2) is 21.4. The number of unbranched alkanes of at least 4 members (excludes halogenated alkanes) is 2. The van der Waals surface area contributed by atoms with Gasteiger partial charge in [-0.3, -0.25) is 0 Å². The Morgan fingerprint density at radius 1 is 0.574 bits per heavy atom. The number of hydrogen-bond donors (Lipinski definition) is 4. The van der Waals surface area contributed by atoms with Gasteiger partial charge in [0.05, 0.1) is 26.4 Å². The highest BCUT2D eigenvalue weighted by Gasteiger charge is 2.19. The summed E-state index contributed by atoms with van der Waals surface area (Å²) in [5.74, 6) is -1.49. The number of benzene rings is 3. The topological polar surface area (TPSA) is 205 Å². The minimum Gasteiger partial charge on any atom is -0.509 e. The van der Waals surface area contributed by atoms with Crippen molar-refractivity contribution in [1.82, 2.24) is 0 Å². The van der Waals surface area contributed by atoms with E-state index in [1.807, 2.05) is 0 Å². The zero-order valence-corrected chi connectivity index (χ0v) is 30.0. The van der Waals surface area contributed by atoms with Gasteiger partial charge in [-0.25, -0.2) is 19.2 Å². The monoisotopic (exact) mass is 748 g/mol. The Morgan fingerprint density at radius 2 is 0.907 bits per heavy atom. The van der Waals surface area contributed by atoms with Gasteiger partial charge in [-0.15, -0.1) is 0 Å².